The third kappa shape index (κ3) is 4.83. The fourth-order valence-electron chi connectivity index (χ4n) is 2.80. The molecule has 1 fully saturated rings. The molecule has 3 nitrogen and oxygen atoms in total. The summed E-state index contributed by atoms with van der Waals surface area (Å²) in [7, 11) is -0.871. The summed E-state index contributed by atoms with van der Waals surface area (Å²) in [6.45, 7) is 2.30. The van der Waals surface area contributed by atoms with E-state index in [1.54, 1.807) is 0 Å². The van der Waals surface area contributed by atoms with Crippen molar-refractivity contribution in [2.75, 3.05) is 19.1 Å². The highest BCUT2D eigenvalue weighted by molar-refractivity contribution is 7.90. The first kappa shape index (κ1) is 14.0. The number of hydrogen-bond donors (Lipinski definition) is 1. The van der Waals surface area contributed by atoms with Crippen molar-refractivity contribution in [1.82, 2.24) is 5.32 Å². The predicted molar refractivity (Wildman–Crippen MR) is 68.3 cm³/mol. The van der Waals surface area contributed by atoms with Crippen LogP contribution in [0.15, 0.2) is 0 Å². The first-order valence-electron chi connectivity index (χ1n) is 6.27. The quantitative estimate of drug-likeness (QED) is 0.806. The molecule has 0 aromatic carbocycles. The van der Waals surface area contributed by atoms with Gasteiger partial charge in [0.05, 0.1) is 5.75 Å². The lowest BCUT2D eigenvalue weighted by atomic mass is 9.78. The molecule has 0 spiro atoms. The number of sulfone groups is 1. The molecular formula is C12H25NO2S. The Morgan fingerprint density at radius 3 is 2.56 bits per heavy atom. The van der Waals surface area contributed by atoms with Crippen LogP contribution in [0.5, 0.6) is 0 Å². The molecule has 1 N–H and O–H groups in total. The van der Waals surface area contributed by atoms with Crippen molar-refractivity contribution in [3.63, 3.8) is 0 Å². The van der Waals surface area contributed by atoms with E-state index in [1.165, 1.54) is 31.9 Å². The Hall–Kier alpha value is -0.0900. The Morgan fingerprint density at radius 1 is 1.38 bits per heavy atom. The second-order valence-electron chi connectivity index (χ2n) is 5.35. The van der Waals surface area contributed by atoms with E-state index in [9.17, 15) is 8.42 Å². The van der Waals surface area contributed by atoms with E-state index in [0.717, 1.165) is 12.3 Å². The highest BCUT2D eigenvalue weighted by Gasteiger charge is 2.26. The minimum Gasteiger partial charge on any atom is -0.317 e. The smallest absolute Gasteiger partial charge is 0.147 e. The Labute approximate surface area is 99.9 Å². The summed E-state index contributed by atoms with van der Waals surface area (Å²) >= 11 is 0. The van der Waals surface area contributed by atoms with E-state index in [0.29, 0.717) is 17.7 Å². The highest BCUT2D eigenvalue weighted by atomic mass is 32.2. The van der Waals surface area contributed by atoms with Crippen molar-refractivity contribution in [2.45, 2.75) is 45.1 Å². The van der Waals surface area contributed by atoms with Gasteiger partial charge in [-0.3, -0.25) is 0 Å². The Bertz CT molecular complexity index is 300. The third-order valence-electron chi connectivity index (χ3n) is 3.72. The lowest BCUT2D eigenvalue weighted by Gasteiger charge is -2.33. The van der Waals surface area contributed by atoms with Crippen molar-refractivity contribution >= 4 is 9.84 Å². The molecule has 0 saturated heterocycles. The van der Waals surface area contributed by atoms with Crippen LogP contribution in [0.3, 0.4) is 0 Å². The zero-order valence-corrected chi connectivity index (χ0v) is 11.5. The molecule has 0 aromatic rings. The van der Waals surface area contributed by atoms with Gasteiger partial charge in [0.25, 0.3) is 0 Å². The topological polar surface area (TPSA) is 46.2 Å². The summed E-state index contributed by atoms with van der Waals surface area (Å²) in [4.78, 5) is 0. The Balaban J connectivity index is 2.46. The molecule has 96 valence electrons. The number of nitrogens with one attached hydrogen (secondary N) is 1. The Morgan fingerprint density at radius 2 is 2.06 bits per heavy atom. The molecule has 1 aliphatic carbocycles. The van der Waals surface area contributed by atoms with Gasteiger partial charge in [0, 0.05) is 12.3 Å². The molecule has 16 heavy (non-hydrogen) atoms. The number of rotatable bonds is 5. The summed E-state index contributed by atoms with van der Waals surface area (Å²) in [6.07, 6.45) is 7.20. The fourth-order valence-corrected chi connectivity index (χ4v) is 3.49. The molecule has 0 bridgehead atoms. The summed E-state index contributed by atoms with van der Waals surface area (Å²) in [5, 5.41) is 3.30. The molecule has 1 aliphatic rings. The van der Waals surface area contributed by atoms with Crippen molar-refractivity contribution in [1.29, 1.82) is 0 Å². The van der Waals surface area contributed by atoms with Crippen LogP contribution in [0.1, 0.15) is 39.0 Å². The maximum Gasteiger partial charge on any atom is 0.147 e. The van der Waals surface area contributed by atoms with E-state index >= 15 is 0 Å². The summed E-state index contributed by atoms with van der Waals surface area (Å²) < 4.78 is 22.3. The van der Waals surface area contributed by atoms with Crippen LogP contribution in [0.25, 0.3) is 0 Å². The van der Waals surface area contributed by atoms with E-state index < -0.39 is 9.84 Å². The first-order chi connectivity index (χ1) is 7.42. The molecule has 4 heteroatoms. The molecule has 3 atom stereocenters. The average molecular weight is 247 g/mol. The standard InChI is InChI=1S/C12H25NO2S/c1-10-5-4-6-11(9-10)12(13-2)7-8-16(3,14)15/h10-13H,4-9H2,1-3H3. The zero-order valence-electron chi connectivity index (χ0n) is 10.7. The summed E-state index contributed by atoms with van der Waals surface area (Å²) in [5.41, 5.74) is 0. The van der Waals surface area contributed by atoms with Gasteiger partial charge in [-0.2, -0.15) is 0 Å². The van der Waals surface area contributed by atoms with Gasteiger partial charge in [-0.1, -0.05) is 19.8 Å². The SMILES string of the molecule is CNC(CCS(C)(=O)=O)C1CCCC(C)C1. The normalized spacial score (nSPS) is 28.9. The third-order valence-corrected chi connectivity index (χ3v) is 4.69. The van der Waals surface area contributed by atoms with Crippen LogP contribution in [0.4, 0.5) is 0 Å². The summed E-state index contributed by atoms with van der Waals surface area (Å²) in [5.74, 6) is 1.77. The van der Waals surface area contributed by atoms with Gasteiger partial charge < -0.3 is 5.32 Å². The molecule has 0 radical (unpaired) electrons. The second kappa shape index (κ2) is 6.01. The monoisotopic (exact) mass is 247 g/mol. The van der Waals surface area contributed by atoms with E-state index in [2.05, 4.69) is 12.2 Å². The molecule has 1 saturated carbocycles. The first-order valence-corrected chi connectivity index (χ1v) is 8.33. The van der Waals surface area contributed by atoms with Gasteiger partial charge in [-0.25, -0.2) is 8.42 Å². The molecule has 0 amide bonds. The summed E-state index contributed by atoms with van der Waals surface area (Å²) in [6, 6.07) is 0.373. The van der Waals surface area contributed by atoms with Crippen LogP contribution in [-0.4, -0.2) is 33.5 Å². The van der Waals surface area contributed by atoms with Crippen LogP contribution >= 0.6 is 0 Å². The van der Waals surface area contributed by atoms with Crippen molar-refractivity contribution < 1.29 is 8.42 Å². The second-order valence-corrected chi connectivity index (χ2v) is 7.61. The highest BCUT2D eigenvalue weighted by Crippen LogP contribution is 2.31. The fraction of sp³-hybridized carbons (Fsp3) is 1.00. The van der Waals surface area contributed by atoms with Gasteiger partial charge in [0.1, 0.15) is 9.84 Å². The minimum absolute atomic E-state index is 0.309. The lowest BCUT2D eigenvalue weighted by Crippen LogP contribution is -2.37. The van der Waals surface area contributed by atoms with Crippen molar-refractivity contribution in [3.05, 3.63) is 0 Å². The Kier molecular flexibility index (Phi) is 5.25. The molecule has 3 unspecified atom stereocenters. The van der Waals surface area contributed by atoms with Crippen LogP contribution in [0, 0.1) is 11.8 Å². The minimum atomic E-state index is -2.82. The lowest BCUT2D eigenvalue weighted by molar-refractivity contribution is 0.225. The molecule has 0 heterocycles. The zero-order chi connectivity index (χ0) is 12.2. The van der Waals surface area contributed by atoms with Gasteiger partial charge in [-0.15, -0.1) is 0 Å². The van der Waals surface area contributed by atoms with Crippen LogP contribution < -0.4 is 5.32 Å². The van der Waals surface area contributed by atoms with Crippen molar-refractivity contribution in [2.24, 2.45) is 11.8 Å². The van der Waals surface area contributed by atoms with E-state index in [1.807, 2.05) is 7.05 Å². The predicted octanol–water partition coefficient (Wildman–Crippen LogP) is 1.84. The molecule has 0 aliphatic heterocycles. The molecule has 1 rings (SSSR count). The van der Waals surface area contributed by atoms with Gasteiger partial charge in [0.2, 0.25) is 0 Å². The van der Waals surface area contributed by atoms with Gasteiger partial charge in [0.15, 0.2) is 0 Å². The van der Waals surface area contributed by atoms with Crippen LogP contribution in [0.2, 0.25) is 0 Å². The van der Waals surface area contributed by atoms with Gasteiger partial charge in [-0.05, 0) is 38.1 Å². The molecule has 0 aromatic heterocycles. The maximum atomic E-state index is 11.2. The van der Waals surface area contributed by atoms with E-state index in [4.69, 9.17) is 0 Å². The largest absolute Gasteiger partial charge is 0.317 e. The molecular weight excluding hydrogens is 222 g/mol. The van der Waals surface area contributed by atoms with Crippen LogP contribution in [-0.2, 0) is 9.84 Å². The average Bonchev–Trinajstić information content (AvgIpc) is 2.17. The maximum absolute atomic E-state index is 11.2. The van der Waals surface area contributed by atoms with Crippen molar-refractivity contribution in [3.8, 4) is 0 Å². The van der Waals surface area contributed by atoms with E-state index in [-0.39, 0.29) is 0 Å². The number of hydrogen-bond acceptors (Lipinski definition) is 3. The van der Waals surface area contributed by atoms with Gasteiger partial charge >= 0.3 is 0 Å².